The number of morpholine rings is 1. The first-order valence-corrected chi connectivity index (χ1v) is 11.3. The molecule has 0 atom stereocenters. The van der Waals surface area contributed by atoms with Crippen LogP contribution < -0.4 is 5.32 Å². The minimum absolute atomic E-state index is 0.0725. The number of hydrogen-bond acceptors (Lipinski definition) is 5. The van der Waals surface area contributed by atoms with E-state index in [1.54, 1.807) is 6.20 Å². The van der Waals surface area contributed by atoms with Gasteiger partial charge in [-0.1, -0.05) is 49.1 Å². The lowest BCUT2D eigenvalue weighted by molar-refractivity contribution is -0.122. The van der Waals surface area contributed by atoms with Crippen molar-refractivity contribution in [3.63, 3.8) is 0 Å². The van der Waals surface area contributed by atoms with Crippen LogP contribution in [0.25, 0.3) is 11.3 Å². The number of oxazole rings is 1. The van der Waals surface area contributed by atoms with Crippen LogP contribution in [0, 0.1) is 6.92 Å². The summed E-state index contributed by atoms with van der Waals surface area (Å²) in [5, 5.41) is 3.21. The summed E-state index contributed by atoms with van der Waals surface area (Å²) in [6.45, 7) is 6.31. The van der Waals surface area contributed by atoms with Gasteiger partial charge in [-0.2, -0.15) is 0 Å². The van der Waals surface area contributed by atoms with Crippen LogP contribution in [0.3, 0.4) is 0 Å². The fraction of sp³-hybridized carbons (Fsp3) is 0.583. The van der Waals surface area contributed by atoms with Gasteiger partial charge < -0.3 is 14.5 Å². The monoisotopic (exact) mass is 411 g/mol. The zero-order valence-corrected chi connectivity index (χ0v) is 18.0. The van der Waals surface area contributed by atoms with Crippen LogP contribution in [0.1, 0.15) is 50.0 Å². The van der Waals surface area contributed by atoms with Gasteiger partial charge in [0, 0.05) is 43.6 Å². The van der Waals surface area contributed by atoms with Gasteiger partial charge in [0.25, 0.3) is 0 Å². The standard InChI is InChI=1S/C24H33N3O3/c1-19-5-7-20(8-6-19)21-17-25-23(30-21)10-9-22(28)26-18-24(11-3-2-4-12-24)27-13-15-29-16-14-27/h5-8,17H,2-4,9-16,18H2,1H3,(H,26,28). The molecule has 1 amide bonds. The molecule has 1 N–H and O–H groups in total. The van der Waals surface area contributed by atoms with E-state index >= 15 is 0 Å². The quantitative estimate of drug-likeness (QED) is 0.752. The molecule has 4 rings (SSSR count). The molecule has 0 unspecified atom stereocenters. The smallest absolute Gasteiger partial charge is 0.220 e. The number of aryl methyl sites for hydroxylation is 2. The Hall–Kier alpha value is -2.18. The molecule has 2 aliphatic rings. The van der Waals surface area contributed by atoms with Crippen LogP contribution in [-0.2, 0) is 16.0 Å². The number of carbonyl (C=O) groups excluding carboxylic acids is 1. The zero-order valence-electron chi connectivity index (χ0n) is 18.0. The van der Waals surface area contributed by atoms with Crippen molar-refractivity contribution in [3.05, 3.63) is 41.9 Å². The molecule has 1 aliphatic heterocycles. The number of hydrogen-bond donors (Lipinski definition) is 1. The van der Waals surface area contributed by atoms with E-state index in [-0.39, 0.29) is 11.4 Å². The van der Waals surface area contributed by atoms with Crippen molar-refractivity contribution >= 4 is 5.91 Å². The maximum absolute atomic E-state index is 12.6. The highest BCUT2D eigenvalue weighted by Crippen LogP contribution is 2.34. The van der Waals surface area contributed by atoms with Crippen molar-refractivity contribution in [2.75, 3.05) is 32.8 Å². The zero-order chi connectivity index (χ0) is 20.8. The normalized spacial score (nSPS) is 19.5. The second-order valence-corrected chi connectivity index (χ2v) is 8.65. The highest BCUT2D eigenvalue weighted by molar-refractivity contribution is 5.76. The average Bonchev–Trinajstić information content (AvgIpc) is 3.27. The number of amides is 1. The summed E-state index contributed by atoms with van der Waals surface area (Å²) in [4.78, 5) is 19.5. The Morgan fingerprint density at radius 2 is 1.87 bits per heavy atom. The molecule has 1 aromatic heterocycles. The Balaban J connectivity index is 1.29. The molecule has 30 heavy (non-hydrogen) atoms. The molecular weight excluding hydrogens is 378 g/mol. The lowest BCUT2D eigenvalue weighted by Crippen LogP contribution is -2.59. The summed E-state index contributed by atoms with van der Waals surface area (Å²) in [6.07, 6.45) is 8.76. The van der Waals surface area contributed by atoms with Crippen LogP contribution in [-0.4, -0.2) is 54.2 Å². The lowest BCUT2D eigenvalue weighted by Gasteiger charge is -2.48. The fourth-order valence-corrected chi connectivity index (χ4v) is 4.70. The molecule has 1 saturated heterocycles. The van der Waals surface area contributed by atoms with Crippen molar-refractivity contribution in [2.24, 2.45) is 0 Å². The summed E-state index contributed by atoms with van der Waals surface area (Å²) in [7, 11) is 0. The van der Waals surface area contributed by atoms with Gasteiger partial charge in [-0.15, -0.1) is 0 Å². The summed E-state index contributed by atoms with van der Waals surface area (Å²) in [5.41, 5.74) is 2.32. The Bertz CT molecular complexity index is 818. The van der Waals surface area contributed by atoms with E-state index in [2.05, 4.69) is 34.3 Å². The minimum Gasteiger partial charge on any atom is -0.441 e. The first kappa shape index (κ1) is 21.1. The topological polar surface area (TPSA) is 67.6 Å². The minimum atomic E-state index is 0.0725. The van der Waals surface area contributed by atoms with Crippen LogP contribution in [0.5, 0.6) is 0 Å². The molecule has 0 radical (unpaired) electrons. The molecule has 1 saturated carbocycles. The molecule has 2 aromatic rings. The predicted molar refractivity (Wildman–Crippen MR) is 116 cm³/mol. The van der Waals surface area contributed by atoms with E-state index in [4.69, 9.17) is 9.15 Å². The van der Waals surface area contributed by atoms with Gasteiger partial charge in [0.1, 0.15) is 0 Å². The number of nitrogens with one attached hydrogen (secondary N) is 1. The number of aromatic nitrogens is 1. The van der Waals surface area contributed by atoms with Gasteiger partial charge in [0.05, 0.1) is 19.4 Å². The highest BCUT2D eigenvalue weighted by atomic mass is 16.5. The van der Waals surface area contributed by atoms with E-state index in [9.17, 15) is 4.79 Å². The molecule has 2 fully saturated rings. The number of nitrogens with zero attached hydrogens (tertiary/aromatic N) is 2. The second-order valence-electron chi connectivity index (χ2n) is 8.65. The number of benzene rings is 1. The Morgan fingerprint density at radius 3 is 2.60 bits per heavy atom. The van der Waals surface area contributed by atoms with E-state index in [1.807, 2.05) is 12.1 Å². The van der Waals surface area contributed by atoms with Gasteiger partial charge in [0.2, 0.25) is 5.91 Å². The van der Waals surface area contributed by atoms with Crippen molar-refractivity contribution < 1.29 is 13.9 Å². The van der Waals surface area contributed by atoms with Crippen molar-refractivity contribution in [2.45, 2.75) is 57.4 Å². The molecule has 162 valence electrons. The SMILES string of the molecule is Cc1ccc(-c2cnc(CCC(=O)NCC3(N4CCOCC4)CCCCC3)o2)cc1. The number of carbonyl (C=O) groups is 1. The Labute approximate surface area is 179 Å². The van der Waals surface area contributed by atoms with Crippen molar-refractivity contribution in [1.29, 1.82) is 0 Å². The number of rotatable bonds is 7. The van der Waals surface area contributed by atoms with E-state index in [1.165, 1.54) is 24.8 Å². The van der Waals surface area contributed by atoms with Gasteiger partial charge in [-0.3, -0.25) is 9.69 Å². The fourth-order valence-electron chi connectivity index (χ4n) is 4.70. The molecule has 1 aromatic carbocycles. The first-order valence-electron chi connectivity index (χ1n) is 11.3. The Kier molecular flexibility index (Phi) is 6.85. The molecule has 0 bridgehead atoms. The second kappa shape index (κ2) is 9.75. The summed E-state index contributed by atoms with van der Waals surface area (Å²) < 4.78 is 11.4. The summed E-state index contributed by atoms with van der Waals surface area (Å²) in [6, 6.07) is 8.17. The number of ether oxygens (including phenoxy) is 1. The van der Waals surface area contributed by atoms with Gasteiger partial charge in [-0.05, 0) is 19.8 Å². The molecule has 0 spiro atoms. The third-order valence-corrected chi connectivity index (χ3v) is 6.54. The van der Waals surface area contributed by atoms with Crippen LogP contribution in [0.4, 0.5) is 0 Å². The predicted octanol–water partition coefficient (Wildman–Crippen LogP) is 3.73. The highest BCUT2D eigenvalue weighted by Gasteiger charge is 2.38. The van der Waals surface area contributed by atoms with Gasteiger partial charge in [0.15, 0.2) is 11.7 Å². The van der Waals surface area contributed by atoms with E-state index in [0.717, 1.165) is 57.0 Å². The molecule has 2 heterocycles. The van der Waals surface area contributed by atoms with E-state index in [0.29, 0.717) is 18.7 Å². The maximum Gasteiger partial charge on any atom is 0.220 e. The molecule has 1 aliphatic carbocycles. The van der Waals surface area contributed by atoms with Crippen LogP contribution >= 0.6 is 0 Å². The lowest BCUT2D eigenvalue weighted by atomic mass is 9.79. The largest absolute Gasteiger partial charge is 0.441 e. The van der Waals surface area contributed by atoms with E-state index < -0.39 is 0 Å². The first-order chi connectivity index (χ1) is 14.6. The third kappa shape index (κ3) is 5.10. The maximum atomic E-state index is 12.6. The molecule has 6 nitrogen and oxygen atoms in total. The van der Waals surface area contributed by atoms with Gasteiger partial charge in [-0.25, -0.2) is 4.98 Å². The summed E-state index contributed by atoms with van der Waals surface area (Å²) in [5.74, 6) is 1.43. The van der Waals surface area contributed by atoms with Gasteiger partial charge >= 0.3 is 0 Å². The molecular formula is C24H33N3O3. The van der Waals surface area contributed by atoms with Crippen molar-refractivity contribution in [1.82, 2.24) is 15.2 Å². The Morgan fingerprint density at radius 1 is 1.13 bits per heavy atom. The average molecular weight is 412 g/mol. The summed E-state index contributed by atoms with van der Waals surface area (Å²) >= 11 is 0. The van der Waals surface area contributed by atoms with Crippen LogP contribution in [0.2, 0.25) is 0 Å². The third-order valence-electron chi connectivity index (χ3n) is 6.54. The van der Waals surface area contributed by atoms with Crippen LogP contribution in [0.15, 0.2) is 34.9 Å². The molecule has 6 heteroatoms. The van der Waals surface area contributed by atoms with Crippen molar-refractivity contribution in [3.8, 4) is 11.3 Å².